The molecule has 0 bridgehead atoms. The molecule has 0 radical (unpaired) electrons. The third kappa shape index (κ3) is 6.79. The summed E-state index contributed by atoms with van der Waals surface area (Å²) in [5.74, 6) is -1.90. The quantitative estimate of drug-likeness (QED) is 0.281. The number of aromatic nitrogens is 1. The molecule has 0 N–H and O–H groups in total. The van der Waals surface area contributed by atoms with Gasteiger partial charge in [-0.3, -0.25) is 0 Å². The van der Waals surface area contributed by atoms with Crippen molar-refractivity contribution in [1.82, 2.24) is 4.98 Å². The second kappa shape index (κ2) is 9.16. The molecule has 22 heavy (non-hydrogen) atoms. The largest absolute Gasteiger partial charge is 0.458 e. The number of rotatable bonds is 9. The van der Waals surface area contributed by atoms with Gasteiger partial charge in [0.15, 0.2) is 0 Å². The zero-order chi connectivity index (χ0) is 16.6. The van der Waals surface area contributed by atoms with Crippen molar-refractivity contribution in [3.8, 4) is 5.88 Å². The Balaban J connectivity index is 2.48. The van der Waals surface area contributed by atoms with Gasteiger partial charge in [-0.2, -0.15) is 9.37 Å². The summed E-state index contributed by atoms with van der Waals surface area (Å²) < 4.78 is 20.8. The summed E-state index contributed by atoms with van der Waals surface area (Å²) in [6, 6.07) is 3.83. The Kier molecular flexibility index (Phi) is 7.90. The van der Waals surface area contributed by atoms with Crippen LogP contribution in [-0.4, -0.2) is 21.6 Å². The number of hydrogen-bond donors (Lipinski definition) is 0. The predicted octanol–water partition coefficient (Wildman–Crippen LogP) is 4.63. The van der Waals surface area contributed by atoms with E-state index in [0.29, 0.717) is 6.42 Å². The van der Waals surface area contributed by atoms with Gasteiger partial charge in [0.25, 0.3) is 0 Å². The van der Waals surface area contributed by atoms with Crippen LogP contribution in [-0.2, 0) is 9.53 Å². The number of alkyl halides is 2. The molecular formula is C15H20Cl2FNO3. The summed E-state index contributed by atoms with van der Waals surface area (Å²) in [6.45, 7) is 3.88. The fourth-order valence-electron chi connectivity index (χ4n) is 1.79. The fourth-order valence-corrected chi connectivity index (χ4v) is 2.04. The molecule has 0 spiro atoms. The summed E-state index contributed by atoms with van der Waals surface area (Å²) in [5, 5.41) is 0. The Morgan fingerprint density at radius 1 is 1.36 bits per heavy atom. The van der Waals surface area contributed by atoms with Crippen LogP contribution in [0.15, 0.2) is 18.2 Å². The second-order valence-corrected chi connectivity index (χ2v) is 6.24. The summed E-state index contributed by atoms with van der Waals surface area (Å²) in [6.07, 6.45) is 4.69. The summed E-state index contributed by atoms with van der Waals surface area (Å²) >= 11 is 11.6. The molecule has 1 heterocycles. The molecular weight excluding hydrogens is 332 g/mol. The van der Waals surface area contributed by atoms with Gasteiger partial charge in [0.05, 0.1) is 6.10 Å². The van der Waals surface area contributed by atoms with E-state index in [2.05, 4.69) is 11.9 Å². The first-order valence-electron chi connectivity index (χ1n) is 7.25. The summed E-state index contributed by atoms with van der Waals surface area (Å²) in [7, 11) is 0. The predicted molar refractivity (Wildman–Crippen MR) is 83.6 cm³/mol. The Hall–Kier alpha value is -1.07. The van der Waals surface area contributed by atoms with Crippen molar-refractivity contribution in [2.45, 2.75) is 56.6 Å². The van der Waals surface area contributed by atoms with E-state index in [-0.39, 0.29) is 12.0 Å². The molecule has 7 heteroatoms. The molecule has 0 aliphatic rings. The van der Waals surface area contributed by atoms with Crippen molar-refractivity contribution >= 4 is 29.2 Å². The van der Waals surface area contributed by atoms with Crippen molar-refractivity contribution in [3.63, 3.8) is 0 Å². The topological polar surface area (TPSA) is 48.4 Å². The minimum absolute atomic E-state index is 0.197. The van der Waals surface area contributed by atoms with E-state index in [1.165, 1.54) is 12.1 Å². The average molecular weight is 352 g/mol. The molecule has 0 amide bonds. The number of esters is 1. The monoisotopic (exact) mass is 351 g/mol. The van der Waals surface area contributed by atoms with E-state index in [4.69, 9.17) is 32.7 Å². The first kappa shape index (κ1) is 19.0. The smallest absolute Gasteiger partial charge is 0.384 e. The number of unbranched alkanes of at least 4 members (excludes halogenated alkanes) is 3. The first-order chi connectivity index (χ1) is 10.3. The van der Waals surface area contributed by atoms with Gasteiger partial charge in [0, 0.05) is 6.07 Å². The van der Waals surface area contributed by atoms with Crippen LogP contribution >= 0.6 is 23.2 Å². The number of carbonyl (C=O) groups is 1. The minimum atomic E-state index is -2.27. The van der Waals surface area contributed by atoms with Crippen LogP contribution in [0.25, 0.3) is 0 Å². The number of carbonyl (C=O) groups excluding carboxylic acids is 1. The Bertz CT molecular complexity index is 486. The third-order valence-electron chi connectivity index (χ3n) is 2.93. The highest BCUT2D eigenvalue weighted by Gasteiger charge is 2.40. The highest BCUT2D eigenvalue weighted by atomic mass is 35.5. The first-order valence-corrected chi connectivity index (χ1v) is 8.01. The number of ether oxygens (including phenoxy) is 2. The summed E-state index contributed by atoms with van der Waals surface area (Å²) in [4.78, 5) is 15.3. The lowest BCUT2D eigenvalue weighted by atomic mass is 10.1. The van der Waals surface area contributed by atoms with Crippen molar-refractivity contribution in [2.24, 2.45) is 0 Å². The SMILES string of the molecule is CCCCCCC(C)OC(=O)C(Cl)(Cl)Oc1cccc(F)n1. The Morgan fingerprint density at radius 2 is 2.09 bits per heavy atom. The molecule has 0 aliphatic heterocycles. The van der Waals surface area contributed by atoms with E-state index >= 15 is 0 Å². The molecule has 1 atom stereocenters. The van der Waals surface area contributed by atoms with Crippen molar-refractivity contribution in [1.29, 1.82) is 0 Å². The zero-order valence-electron chi connectivity index (χ0n) is 12.7. The lowest BCUT2D eigenvalue weighted by molar-refractivity contribution is -0.155. The van der Waals surface area contributed by atoms with Crippen molar-refractivity contribution in [2.75, 3.05) is 0 Å². The van der Waals surface area contributed by atoms with Gasteiger partial charge in [-0.05, 0) is 49.0 Å². The van der Waals surface area contributed by atoms with Gasteiger partial charge in [0.2, 0.25) is 11.8 Å². The van der Waals surface area contributed by atoms with Crippen LogP contribution < -0.4 is 4.74 Å². The maximum atomic E-state index is 13.0. The molecule has 0 aromatic carbocycles. The van der Waals surface area contributed by atoms with E-state index in [1.807, 2.05) is 0 Å². The van der Waals surface area contributed by atoms with Gasteiger partial charge in [0.1, 0.15) is 0 Å². The normalized spacial score (nSPS) is 12.8. The summed E-state index contributed by atoms with van der Waals surface area (Å²) in [5.41, 5.74) is 0. The Morgan fingerprint density at radius 3 is 2.73 bits per heavy atom. The highest BCUT2D eigenvalue weighted by molar-refractivity contribution is 6.56. The van der Waals surface area contributed by atoms with E-state index in [0.717, 1.165) is 31.7 Å². The minimum Gasteiger partial charge on any atom is -0.458 e. The van der Waals surface area contributed by atoms with Crippen LogP contribution in [0, 0.1) is 5.95 Å². The maximum Gasteiger partial charge on any atom is 0.384 e. The molecule has 1 rings (SSSR count). The lowest BCUT2D eigenvalue weighted by Gasteiger charge is -2.21. The third-order valence-corrected chi connectivity index (χ3v) is 3.40. The van der Waals surface area contributed by atoms with Crippen LogP contribution in [0.5, 0.6) is 5.88 Å². The van der Waals surface area contributed by atoms with E-state index in [9.17, 15) is 9.18 Å². The zero-order valence-corrected chi connectivity index (χ0v) is 14.2. The number of hydrogen-bond acceptors (Lipinski definition) is 4. The van der Waals surface area contributed by atoms with Crippen LogP contribution in [0.4, 0.5) is 4.39 Å². The molecule has 1 aromatic heterocycles. The molecule has 0 saturated carbocycles. The molecule has 0 fully saturated rings. The Labute approximate surface area is 139 Å². The highest BCUT2D eigenvalue weighted by Crippen LogP contribution is 2.27. The second-order valence-electron chi connectivity index (χ2n) is 4.98. The standard InChI is InChI=1S/C15H20Cl2FNO3/c1-3-4-5-6-8-11(2)21-14(20)15(16,17)22-13-10-7-9-12(18)19-13/h7,9-11H,3-6,8H2,1-2H3. The van der Waals surface area contributed by atoms with Crippen molar-refractivity contribution in [3.05, 3.63) is 24.1 Å². The van der Waals surface area contributed by atoms with Gasteiger partial charge < -0.3 is 9.47 Å². The van der Waals surface area contributed by atoms with E-state index < -0.39 is 16.4 Å². The van der Waals surface area contributed by atoms with Crippen LogP contribution in [0.3, 0.4) is 0 Å². The van der Waals surface area contributed by atoms with E-state index in [1.54, 1.807) is 6.92 Å². The average Bonchev–Trinajstić information content (AvgIpc) is 2.43. The molecule has 1 aromatic rings. The van der Waals surface area contributed by atoms with Crippen molar-refractivity contribution < 1.29 is 18.7 Å². The van der Waals surface area contributed by atoms with Crippen LogP contribution in [0.2, 0.25) is 0 Å². The molecule has 0 aliphatic carbocycles. The number of nitrogens with zero attached hydrogens (tertiary/aromatic N) is 1. The fraction of sp³-hybridized carbons (Fsp3) is 0.600. The van der Waals surface area contributed by atoms with Gasteiger partial charge in [-0.15, -0.1) is 0 Å². The number of pyridine rings is 1. The van der Waals surface area contributed by atoms with Gasteiger partial charge >= 0.3 is 10.5 Å². The van der Waals surface area contributed by atoms with Crippen LogP contribution in [0.1, 0.15) is 46.0 Å². The van der Waals surface area contributed by atoms with Gasteiger partial charge in [-0.25, -0.2) is 4.79 Å². The van der Waals surface area contributed by atoms with Gasteiger partial charge in [-0.1, -0.05) is 32.3 Å². The maximum absolute atomic E-state index is 13.0. The number of halogens is 3. The lowest BCUT2D eigenvalue weighted by Crippen LogP contribution is -2.36. The molecule has 0 saturated heterocycles. The molecule has 4 nitrogen and oxygen atoms in total. The molecule has 124 valence electrons. The molecule has 1 unspecified atom stereocenters.